The van der Waals surface area contributed by atoms with Crippen molar-refractivity contribution in [2.45, 2.75) is 38.2 Å². The number of hydrogen-bond acceptors (Lipinski definition) is 5. The zero-order valence-corrected chi connectivity index (χ0v) is 12.1. The number of nitrogens with one attached hydrogen (secondary N) is 1. The fourth-order valence-corrected chi connectivity index (χ4v) is 2.44. The highest BCUT2D eigenvalue weighted by Gasteiger charge is 2.13. The van der Waals surface area contributed by atoms with Gasteiger partial charge in [-0.05, 0) is 12.8 Å². The molecule has 0 radical (unpaired) electrons. The molecular formula is C13H22N4O3. The van der Waals surface area contributed by atoms with Crippen molar-refractivity contribution in [1.29, 1.82) is 0 Å². The predicted molar refractivity (Wildman–Crippen MR) is 76.0 cm³/mol. The Morgan fingerprint density at radius 2 is 1.95 bits per heavy atom. The number of rotatable bonds is 5. The molecule has 0 atom stereocenters. The molecule has 1 aromatic heterocycles. The van der Waals surface area contributed by atoms with E-state index >= 15 is 0 Å². The minimum Gasteiger partial charge on any atom is -0.376 e. The Balaban J connectivity index is 1.85. The largest absolute Gasteiger partial charge is 0.376 e. The van der Waals surface area contributed by atoms with Crippen LogP contribution in [0, 0.1) is 0 Å². The van der Waals surface area contributed by atoms with Crippen LogP contribution in [0.15, 0.2) is 9.59 Å². The third kappa shape index (κ3) is 3.47. The summed E-state index contributed by atoms with van der Waals surface area (Å²) < 4.78 is 7.94. The van der Waals surface area contributed by atoms with Crippen molar-refractivity contribution in [2.75, 3.05) is 18.5 Å². The van der Waals surface area contributed by atoms with Crippen molar-refractivity contribution in [3.63, 3.8) is 0 Å². The van der Waals surface area contributed by atoms with Gasteiger partial charge in [-0.1, -0.05) is 19.3 Å². The van der Waals surface area contributed by atoms with E-state index in [-0.39, 0.29) is 5.82 Å². The second-order valence-corrected chi connectivity index (χ2v) is 5.18. The lowest BCUT2D eigenvalue weighted by molar-refractivity contribution is 0.0347. The number of anilines is 1. The van der Waals surface area contributed by atoms with Crippen LogP contribution >= 0.6 is 0 Å². The third-order valence-electron chi connectivity index (χ3n) is 3.62. The van der Waals surface area contributed by atoms with Gasteiger partial charge in [0, 0.05) is 20.6 Å². The van der Waals surface area contributed by atoms with Crippen molar-refractivity contribution < 1.29 is 4.74 Å². The molecule has 1 aliphatic carbocycles. The Hall–Kier alpha value is -1.63. The van der Waals surface area contributed by atoms with Crippen molar-refractivity contribution in [3.05, 3.63) is 20.8 Å². The molecule has 0 unspecified atom stereocenters. The van der Waals surface area contributed by atoms with E-state index in [4.69, 9.17) is 4.74 Å². The first-order chi connectivity index (χ1) is 9.59. The summed E-state index contributed by atoms with van der Waals surface area (Å²) >= 11 is 0. The summed E-state index contributed by atoms with van der Waals surface area (Å²) in [5, 5.41) is 6.85. The van der Waals surface area contributed by atoms with Gasteiger partial charge < -0.3 is 10.1 Å². The van der Waals surface area contributed by atoms with E-state index in [0.717, 1.165) is 22.1 Å². The third-order valence-corrected chi connectivity index (χ3v) is 3.62. The molecule has 1 N–H and O–H groups in total. The summed E-state index contributed by atoms with van der Waals surface area (Å²) in [6.07, 6.45) is 6.37. The molecular weight excluding hydrogens is 260 g/mol. The van der Waals surface area contributed by atoms with Crippen molar-refractivity contribution in [3.8, 4) is 0 Å². The lowest BCUT2D eigenvalue weighted by Crippen LogP contribution is -2.40. The summed E-state index contributed by atoms with van der Waals surface area (Å²) in [7, 11) is 2.96. The highest BCUT2D eigenvalue weighted by Crippen LogP contribution is 2.19. The maximum atomic E-state index is 11.8. The second kappa shape index (κ2) is 6.69. The Morgan fingerprint density at radius 3 is 2.65 bits per heavy atom. The number of aromatic nitrogens is 3. The molecule has 0 amide bonds. The minimum atomic E-state index is -0.431. The molecule has 1 saturated carbocycles. The number of nitrogens with zero attached hydrogens (tertiary/aromatic N) is 3. The zero-order valence-electron chi connectivity index (χ0n) is 12.1. The lowest BCUT2D eigenvalue weighted by Gasteiger charge is -2.22. The van der Waals surface area contributed by atoms with E-state index in [1.165, 1.54) is 33.4 Å². The lowest BCUT2D eigenvalue weighted by atomic mass is 9.98. The van der Waals surface area contributed by atoms with Crippen LogP contribution in [0.25, 0.3) is 0 Å². The van der Waals surface area contributed by atoms with E-state index < -0.39 is 11.2 Å². The van der Waals surface area contributed by atoms with Crippen LogP contribution < -0.4 is 16.6 Å². The van der Waals surface area contributed by atoms with Crippen LogP contribution in [-0.4, -0.2) is 33.6 Å². The fourth-order valence-electron chi connectivity index (χ4n) is 2.44. The molecule has 1 aliphatic rings. The smallest absolute Gasteiger partial charge is 0.346 e. The van der Waals surface area contributed by atoms with Gasteiger partial charge in [-0.15, -0.1) is 5.10 Å². The molecule has 0 saturated heterocycles. The average Bonchev–Trinajstić information content (AvgIpc) is 2.47. The minimum absolute atomic E-state index is 0.182. The van der Waals surface area contributed by atoms with Gasteiger partial charge in [-0.25, -0.2) is 9.48 Å². The molecule has 1 fully saturated rings. The van der Waals surface area contributed by atoms with E-state index in [0.29, 0.717) is 19.3 Å². The van der Waals surface area contributed by atoms with Crippen molar-refractivity contribution >= 4 is 5.82 Å². The van der Waals surface area contributed by atoms with Gasteiger partial charge >= 0.3 is 5.69 Å². The van der Waals surface area contributed by atoms with Gasteiger partial charge in [0.1, 0.15) is 0 Å². The van der Waals surface area contributed by atoms with E-state index in [1.807, 2.05) is 0 Å². The molecule has 0 aliphatic heterocycles. The number of hydrogen-bond donors (Lipinski definition) is 1. The number of aryl methyl sites for hydroxylation is 1. The molecule has 7 heteroatoms. The summed E-state index contributed by atoms with van der Waals surface area (Å²) in [5.41, 5.74) is -0.843. The summed E-state index contributed by atoms with van der Waals surface area (Å²) in [6, 6.07) is 0. The van der Waals surface area contributed by atoms with Gasteiger partial charge in [-0.2, -0.15) is 0 Å². The molecule has 1 aromatic rings. The Kier molecular flexibility index (Phi) is 4.94. The fraction of sp³-hybridized carbons (Fsp3) is 0.769. The van der Waals surface area contributed by atoms with Crippen LogP contribution in [0.1, 0.15) is 32.1 Å². The normalized spacial score (nSPS) is 16.3. The van der Waals surface area contributed by atoms with Crippen LogP contribution in [0.5, 0.6) is 0 Å². The summed E-state index contributed by atoms with van der Waals surface area (Å²) in [6.45, 7) is 1.05. The summed E-state index contributed by atoms with van der Waals surface area (Å²) in [4.78, 5) is 23.3. The Bertz CT molecular complexity index is 558. The zero-order chi connectivity index (χ0) is 14.5. The molecule has 0 aromatic carbocycles. The standard InChI is InChI=1S/C13H22N4O3/c1-16-12(18)11(15-17(2)13(16)19)14-8-9-20-10-6-4-3-5-7-10/h10H,3-9H2,1-2H3,(H,14,15). The maximum Gasteiger partial charge on any atom is 0.346 e. The van der Waals surface area contributed by atoms with E-state index in [2.05, 4.69) is 10.4 Å². The monoisotopic (exact) mass is 282 g/mol. The van der Waals surface area contributed by atoms with Crippen LogP contribution in [0.2, 0.25) is 0 Å². The average molecular weight is 282 g/mol. The van der Waals surface area contributed by atoms with Crippen LogP contribution in [0.3, 0.4) is 0 Å². The highest BCUT2D eigenvalue weighted by atomic mass is 16.5. The quantitative estimate of drug-likeness (QED) is 0.783. The Labute approximate surface area is 117 Å². The molecule has 20 heavy (non-hydrogen) atoms. The number of ether oxygens (including phenoxy) is 1. The first kappa shape index (κ1) is 14.8. The van der Waals surface area contributed by atoms with Gasteiger partial charge in [0.25, 0.3) is 5.56 Å². The van der Waals surface area contributed by atoms with Gasteiger partial charge in [0.05, 0.1) is 12.7 Å². The predicted octanol–water partition coefficient (Wildman–Crippen LogP) is 0.240. The van der Waals surface area contributed by atoms with Crippen LogP contribution in [0.4, 0.5) is 5.82 Å². The molecule has 7 nitrogen and oxygen atoms in total. The topological polar surface area (TPSA) is 78.2 Å². The molecule has 0 spiro atoms. The van der Waals surface area contributed by atoms with Crippen molar-refractivity contribution in [1.82, 2.24) is 14.3 Å². The Morgan fingerprint density at radius 1 is 1.25 bits per heavy atom. The molecule has 0 bridgehead atoms. The molecule has 1 heterocycles. The first-order valence-corrected chi connectivity index (χ1v) is 7.09. The highest BCUT2D eigenvalue weighted by molar-refractivity contribution is 5.29. The van der Waals surface area contributed by atoms with Crippen LogP contribution in [-0.2, 0) is 18.8 Å². The van der Waals surface area contributed by atoms with E-state index in [9.17, 15) is 9.59 Å². The van der Waals surface area contributed by atoms with E-state index in [1.54, 1.807) is 0 Å². The van der Waals surface area contributed by atoms with Gasteiger partial charge in [0.15, 0.2) is 0 Å². The van der Waals surface area contributed by atoms with Gasteiger partial charge in [-0.3, -0.25) is 9.36 Å². The van der Waals surface area contributed by atoms with Crippen molar-refractivity contribution in [2.24, 2.45) is 14.1 Å². The van der Waals surface area contributed by atoms with Gasteiger partial charge in [0.2, 0.25) is 5.82 Å². The molecule has 2 rings (SSSR count). The molecule has 112 valence electrons. The second-order valence-electron chi connectivity index (χ2n) is 5.18. The maximum absolute atomic E-state index is 11.8. The first-order valence-electron chi connectivity index (χ1n) is 7.09. The SMILES string of the molecule is Cn1nc(NCCOC2CCCCC2)c(=O)n(C)c1=O. The summed E-state index contributed by atoms with van der Waals surface area (Å²) in [5.74, 6) is 0.182.